The van der Waals surface area contributed by atoms with Gasteiger partial charge in [0.05, 0.1) is 18.9 Å². The lowest BCUT2D eigenvalue weighted by Crippen LogP contribution is -2.05. The maximum absolute atomic E-state index is 12.6. The van der Waals surface area contributed by atoms with Crippen LogP contribution in [-0.4, -0.2) is 16.9 Å². The molecule has 0 bridgehead atoms. The molecule has 4 nitrogen and oxygen atoms in total. The van der Waals surface area contributed by atoms with Gasteiger partial charge in [-0.2, -0.15) is 18.3 Å². The second-order valence-corrected chi connectivity index (χ2v) is 3.98. The molecular formula is C12H12F3N3O. The fraction of sp³-hybridized carbons (Fsp3) is 0.250. The lowest BCUT2D eigenvalue weighted by molar-refractivity contribution is -0.137. The molecule has 0 saturated heterocycles. The summed E-state index contributed by atoms with van der Waals surface area (Å²) in [6, 6.07) is 3.26. The van der Waals surface area contributed by atoms with Gasteiger partial charge in [-0.15, -0.1) is 0 Å². The normalized spacial score (nSPS) is 11.6. The molecule has 7 heteroatoms. The second kappa shape index (κ2) is 4.49. The van der Waals surface area contributed by atoms with Crippen molar-refractivity contribution < 1.29 is 17.9 Å². The van der Waals surface area contributed by atoms with E-state index >= 15 is 0 Å². The third-order valence-corrected chi connectivity index (χ3v) is 2.80. The van der Waals surface area contributed by atoms with Gasteiger partial charge >= 0.3 is 6.18 Å². The molecule has 1 heterocycles. The molecule has 0 atom stereocenters. The van der Waals surface area contributed by atoms with Crippen molar-refractivity contribution in [2.75, 3.05) is 12.8 Å². The first kappa shape index (κ1) is 13.3. The lowest BCUT2D eigenvalue weighted by atomic mass is 10.0. The van der Waals surface area contributed by atoms with Crippen molar-refractivity contribution in [1.29, 1.82) is 0 Å². The molecule has 0 saturated carbocycles. The minimum Gasteiger partial charge on any atom is -0.496 e. The molecule has 0 aliphatic carbocycles. The highest BCUT2D eigenvalue weighted by atomic mass is 19.4. The molecule has 1 aromatic carbocycles. The number of nitrogen functional groups attached to an aromatic ring is 1. The van der Waals surface area contributed by atoms with Crippen molar-refractivity contribution in [3.05, 3.63) is 30.0 Å². The first-order valence-corrected chi connectivity index (χ1v) is 5.37. The van der Waals surface area contributed by atoms with Gasteiger partial charge in [0, 0.05) is 18.2 Å². The predicted molar refractivity (Wildman–Crippen MR) is 64.6 cm³/mol. The summed E-state index contributed by atoms with van der Waals surface area (Å²) in [6.45, 7) is 0. The van der Waals surface area contributed by atoms with E-state index in [-0.39, 0.29) is 5.75 Å². The van der Waals surface area contributed by atoms with Gasteiger partial charge in [-0.25, -0.2) is 0 Å². The molecule has 1 aromatic heterocycles. The van der Waals surface area contributed by atoms with E-state index in [0.717, 1.165) is 12.1 Å². The fourth-order valence-electron chi connectivity index (χ4n) is 1.74. The monoisotopic (exact) mass is 271 g/mol. The molecule has 0 aliphatic rings. The zero-order valence-corrected chi connectivity index (χ0v) is 10.3. The summed E-state index contributed by atoms with van der Waals surface area (Å²) in [7, 11) is 2.96. The number of methoxy groups -OCH3 is 1. The van der Waals surface area contributed by atoms with E-state index in [4.69, 9.17) is 10.5 Å². The van der Waals surface area contributed by atoms with Crippen LogP contribution in [0.15, 0.2) is 24.4 Å². The van der Waals surface area contributed by atoms with Crippen molar-refractivity contribution in [2.24, 2.45) is 7.05 Å². The third kappa shape index (κ3) is 2.35. The molecule has 0 aliphatic heterocycles. The Morgan fingerprint density at radius 1 is 1.26 bits per heavy atom. The van der Waals surface area contributed by atoms with E-state index in [9.17, 15) is 13.2 Å². The SMILES string of the molecule is COc1cc(C(F)(F)F)ccc1-c1cnn(C)c1N. The van der Waals surface area contributed by atoms with Crippen LogP contribution in [0.2, 0.25) is 0 Å². The second-order valence-electron chi connectivity index (χ2n) is 3.98. The zero-order valence-electron chi connectivity index (χ0n) is 10.3. The van der Waals surface area contributed by atoms with Crippen LogP contribution in [0, 0.1) is 0 Å². The van der Waals surface area contributed by atoms with Crippen LogP contribution < -0.4 is 10.5 Å². The maximum atomic E-state index is 12.6. The number of aromatic nitrogens is 2. The molecule has 2 rings (SSSR count). The van der Waals surface area contributed by atoms with E-state index in [1.165, 1.54) is 24.1 Å². The predicted octanol–water partition coefficient (Wildman–Crippen LogP) is 2.70. The maximum Gasteiger partial charge on any atom is 0.416 e. The van der Waals surface area contributed by atoms with Crippen LogP contribution in [0.1, 0.15) is 5.56 Å². The Morgan fingerprint density at radius 3 is 2.42 bits per heavy atom. The molecule has 2 aromatic rings. The number of hydrogen-bond acceptors (Lipinski definition) is 3. The van der Waals surface area contributed by atoms with E-state index < -0.39 is 11.7 Å². The number of ether oxygens (including phenoxy) is 1. The minimum absolute atomic E-state index is 0.106. The summed E-state index contributed by atoms with van der Waals surface area (Å²) in [4.78, 5) is 0. The summed E-state index contributed by atoms with van der Waals surface area (Å²) < 4.78 is 44.3. The van der Waals surface area contributed by atoms with Crippen molar-refractivity contribution in [1.82, 2.24) is 9.78 Å². The molecule has 0 radical (unpaired) electrons. The Morgan fingerprint density at radius 2 is 1.95 bits per heavy atom. The quantitative estimate of drug-likeness (QED) is 0.913. The van der Waals surface area contributed by atoms with Gasteiger partial charge in [-0.05, 0) is 18.2 Å². The number of hydrogen-bond donors (Lipinski definition) is 1. The van der Waals surface area contributed by atoms with Crippen LogP contribution in [0.25, 0.3) is 11.1 Å². The van der Waals surface area contributed by atoms with Gasteiger partial charge in [-0.1, -0.05) is 0 Å². The molecular weight excluding hydrogens is 259 g/mol. The van der Waals surface area contributed by atoms with Crippen LogP contribution in [0.3, 0.4) is 0 Å². The largest absolute Gasteiger partial charge is 0.496 e. The minimum atomic E-state index is -4.41. The standard InChI is InChI=1S/C12H12F3N3O/c1-18-11(16)9(6-17-18)8-4-3-7(12(13,14)15)5-10(8)19-2/h3-6H,16H2,1-2H3. The van der Waals surface area contributed by atoms with Gasteiger partial charge in [0.15, 0.2) is 0 Å². The average Bonchev–Trinajstić information content (AvgIpc) is 2.68. The number of benzene rings is 1. The summed E-state index contributed by atoms with van der Waals surface area (Å²) in [5.41, 5.74) is 6.05. The number of nitrogens with zero attached hydrogens (tertiary/aromatic N) is 2. The molecule has 0 amide bonds. The lowest BCUT2D eigenvalue weighted by Gasteiger charge is -2.12. The number of aryl methyl sites for hydroxylation is 1. The topological polar surface area (TPSA) is 53.1 Å². The molecule has 0 unspecified atom stereocenters. The number of anilines is 1. The summed E-state index contributed by atoms with van der Waals surface area (Å²) >= 11 is 0. The number of halogens is 3. The van der Waals surface area contributed by atoms with E-state index in [1.54, 1.807) is 7.05 Å². The van der Waals surface area contributed by atoms with Gasteiger partial charge in [0.25, 0.3) is 0 Å². The molecule has 0 fully saturated rings. The van der Waals surface area contributed by atoms with Gasteiger partial charge in [0.1, 0.15) is 11.6 Å². The Balaban J connectivity index is 2.56. The summed E-state index contributed by atoms with van der Waals surface area (Å²) in [5, 5.41) is 3.95. The van der Waals surface area contributed by atoms with Crippen LogP contribution in [0.4, 0.5) is 19.0 Å². The number of nitrogens with two attached hydrogens (primary N) is 1. The number of alkyl halides is 3. The molecule has 2 N–H and O–H groups in total. The molecule has 102 valence electrons. The van der Waals surface area contributed by atoms with E-state index in [1.807, 2.05) is 0 Å². The van der Waals surface area contributed by atoms with Crippen LogP contribution in [0.5, 0.6) is 5.75 Å². The first-order chi connectivity index (χ1) is 8.84. The van der Waals surface area contributed by atoms with Crippen LogP contribution >= 0.6 is 0 Å². The first-order valence-electron chi connectivity index (χ1n) is 5.37. The Kier molecular flexibility index (Phi) is 3.13. The van der Waals surface area contributed by atoms with Gasteiger partial charge in [-0.3, -0.25) is 4.68 Å². The highest BCUT2D eigenvalue weighted by molar-refractivity contribution is 5.78. The Labute approximate surface area is 107 Å². The average molecular weight is 271 g/mol. The fourth-order valence-corrected chi connectivity index (χ4v) is 1.74. The Hall–Kier alpha value is -2.18. The highest BCUT2D eigenvalue weighted by Crippen LogP contribution is 2.38. The van der Waals surface area contributed by atoms with Crippen molar-refractivity contribution in [3.63, 3.8) is 0 Å². The number of rotatable bonds is 2. The highest BCUT2D eigenvalue weighted by Gasteiger charge is 2.31. The van der Waals surface area contributed by atoms with Crippen molar-refractivity contribution in [3.8, 4) is 16.9 Å². The van der Waals surface area contributed by atoms with Gasteiger partial charge < -0.3 is 10.5 Å². The van der Waals surface area contributed by atoms with E-state index in [2.05, 4.69) is 5.10 Å². The van der Waals surface area contributed by atoms with Gasteiger partial charge in [0.2, 0.25) is 0 Å². The Bertz CT molecular complexity index is 605. The van der Waals surface area contributed by atoms with Crippen LogP contribution in [-0.2, 0) is 13.2 Å². The zero-order chi connectivity index (χ0) is 14.2. The smallest absolute Gasteiger partial charge is 0.416 e. The third-order valence-electron chi connectivity index (χ3n) is 2.80. The van der Waals surface area contributed by atoms with E-state index in [0.29, 0.717) is 16.9 Å². The summed E-state index contributed by atoms with van der Waals surface area (Å²) in [6.07, 6.45) is -2.92. The summed E-state index contributed by atoms with van der Waals surface area (Å²) in [5.74, 6) is 0.465. The van der Waals surface area contributed by atoms with Crippen molar-refractivity contribution >= 4 is 5.82 Å². The van der Waals surface area contributed by atoms with Crippen molar-refractivity contribution in [2.45, 2.75) is 6.18 Å². The molecule has 19 heavy (non-hydrogen) atoms. The molecule has 0 spiro atoms.